The van der Waals surface area contributed by atoms with E-state index in [1.807, 2.05) is 0 Å². The van der Waals surface area contributed by atoms with Crippen molar-refractivity contribution in [2.24, 2.45) is 0 Å². The second-order valence-electron chi connectivity index (χ2n) is 17.0. The molecule has 0 spiro atoms. The van der Waals surface area contributed by atoms with Gasteiger partial charge in [0.2, 0.25) is 0 Å². The van der Waals surface area contributed by atoms with Crippen molar-refractivity contribution >= 4 is 110 Å². The standard InChI is InChI=1S/C60H38N4/c1-3-15-41(16-4-1)61(42-17-5-2-6-18-42)43-31-27-39(28-32-43)40-29-33-44(34-30-40)62(45-35-51-47-19-7-11-23-55(47)63-56-24-12-8-20-48(56)52(36-45)59(51)63)46-37-53-49-21-9-13-25-57(49)64-58-26-14-10-22-50(58)54(38-46)60(53)64/h1-38H. The number of anilines is 6. The van der Waals surface area contributed by atoms with Gasteiger partial charge in [0.05, 0.1) is 33.1 Å². The van der Waals surface area contributed by atoms with Crippen LogP contribution in [-0.4, -0.2) is 8.80 Å². The molecule has 0 aliphatic carbocycles. The predicted octanol–water partition coefficient (Wildman–Crippen LogP) is 16.6. The third kappa shape index (κ3) is 4.99. The van der Waals surface area contributed by atoms with Crippen LogP contribution in [0.1, 0.15) is 0 Å². The molecule has 0 saturated carbocycles. The number of aromatic nitrogens is 2. The Morgan fingerprint density at radius 1 is 0.219 bits per heavy atom. The van der Waals surface area contributed by atoms with Crippen LogP contribution in [0, 0.1) is 0 Å². The van der Waals surface area contributed by atoms with Crippen LogP contribution in [0.5, 0.6) is 0 Å². The molecular formula is C60H38N4. The minimum absolute atomic E-state index is 1.10. The molecule has 4 heteroatoms. The normalized spacial score (nSPS) is 12.1. The lowest BCUT2D eigenvalue weighted by atomic mass is 10.0. The van der Waals surface area contributed by atoms with Gasteiger partial charge in [-0.3, -0.25) is 0 Å². The van der Waals surface area contributed by atoms with E-state index < -0.39 is 0 Å². The molecule has 0 bridgehead atoms. The molecule has 0 N–H and O–H groups in total. The van der Waals surface area contributed by atoms with E-state index in [-0.39, 0.29) is 0 Å². The zero-order valence-electron chi connectivity index (χ0n) is 34.7. The summed E-state index contributed by atoms with van der Waals surface area (Å²) in [6.45, 7) is 0. The molecule has 4 aromatic heterocycles. The highest BCUT2D eigenvalue weighted by molar-refractivity contribution is 6.26. The van der Waals surface area contributed by atoms with Crippen LogP contribution in [-0.2, 0) is 0 Å². The first kappa shape index (κ1) is 35.0. The van der Waals surface area contributed by atoms with Gasteiger partial charge in [-0.1, -0.05) is 133 Å². The molecule has 0 fully saturated rings. The molecule has 4 heterocycles. The van der Waals surface area contributed by atoms with E-state index >= 15 is 0 Å². The summed E-state index contributed by atoms with van der Waals surface area (Å²) in [4.78, 5) is 4.79. The van der Waals surface area contributed by atoms with Gasteiger partial charge in [0.25, 0.3) is 0 Å². The van der Waals surface area contributed by atoms with Crippen LogP contribution in [0.4, 0.5) is 34.1 Å². The van der Waals surface area contributed by atoms with Gasteiger partial charge in [-0.2, -0.15) is 0 Å². The molecule has 14 aromatic rings. The molecule has 10 aromatic carbocycles. The first-order chi connectivity index (χ1) is 31.8. The SMILES string of the molecule is c1ccc(N(c2ccccc2)c2ccc(-c3ccc(N(c4cc5c6ccccc6n6c7ccccc7c(c4)c56)c4cc5c6ccccc6n6c7ccccc7c(c4)c56)cc3)cc2)cc1. The first-order valence-corrected chi connectivity index (χ1v) is 22.0. The maximum absolute atomic E-state index is 2.48. The number of rotatable bonds is 7. The summed E-state index contributed by atoms with van der Waals surface area (Å²) < 4.78 is 4.92. The van der Waals surface area contributed by atoms with Crippen LogP contribution in [0.2, 0.25) is 0 Å². The van der Waals surface area contributed by atoms with Gasteiger partial charge in [0, 0.05) is 77.2 Å². The smallest absolute Gasteiger partial charge is 0.0622 e. The molecule has 64 heavy (non-hydrogen) atoms. The van der Waals surface area contributed by atoms with Crippen LogP contribution in [0.15, 0.2) is 231 Å². The Morgan fingerprint density at radius 3 is 0.812 bits per heavy atom. The van der Waals surface area contributed by atoms with Gasteiger partial charge in [0.1, 0.15) is 0 Å². The molecule has 0 unspecified atom stereocenters. The molecular weight excluding hydrogens is 777 g/mol. The van der Waals surface area contributed by atoms with Gasteiger partial charge in [0.15, 0.2) is 0 Å². The number of hydrogen-bond donors (Lipinski definition) is 0. The fourth-order valence-electron chi connectivity index (χ4n) is 10.8. The molecule has 4 nitrogen and oxygen atoms in total. The summed E-state index contributed by atoms with van der Waals surface area (Å²) in [6, 6.07) is 84.3. The topological polar surface area (TPSA) is 15.3 Å². The van der Waals surface area contributed by atoms with Crippen molar-refractivity contribution < 1.29 is 0 Å². The second-order valence-corrected chi connectivity index (χ2v) is 17.0. The third-order valence-electron chi connectivity index (χ3n) is 13.5. The Kier molecular flexibility index (Phi) is 7.36. The highest BCUT2D eigenvalue weighted by Crippen LogP contribution is 2.48. The van der Waals surface area contributed by atoms with Crippen LogP contribution in [0.3, 0.4) is 0 Å². The van der Waals surface area contributed by atoms with Gasteiger partial charge < -0.3 is 18.6 Å². The summed E-state index contributed by atoms with van der Waals surface area (Å²) in [6.07, 6.45) is 0. The summed E-state index contributed by atoms with van der Waals surface area (Å²) >= 11 is 0. The van der Waals surface area contributed by atoms with Crippen LogP contribution in [0.25, 0.3) is 87.3 Å². The number of fused-ring (bicyclic) bond motifs is 12. The van der Waals surface area contributed by atoms with Crippen molar-refractivity contribution in [1.82, 2.24) is 8.80 Å². The average Bonchev–Trinajstić information content (AvgIpc) is 4.09. The van der Waals surface area contributed by atoms with E-state index in [0.29, 0.717) is 0 Å². The fourth-order valence-corrected chi connectivity index (χ4v) is 10.8. The van der Waals surface area contributed by atoms with Gasteiger partial charge in [-0.25, -0.2) is 0 Å². The molecule has 0 radical (unpaired) electrons. The van der Waals surface area contributed by atoms with E-state index in [0.717, 1.165) is 34.1 Å². The maximum atomic E-state index is 2.48. The molecule has 0 aliphatic rings. The highest BCUT2D eigenvalue weighted by Gasteiger charge is 2.24. The van der Waals surface area contributed by atoms with Crippen molar-refractivity contribution in [3.05, 3.63) is 231 Å². The van der Waals surface area contributed by atoms with E-state index in [1.165, 1.54) is 87.3 Å². The molecule has 0 saturated heterocycles. The maximum Gasteiger partial charge on any atom is 0.0622 e. The van der Waals surface area contributed by atoms with Gasteiger partial charge in [-0.05, 0) is 108 Å². The second kappa shape index (κ2) is 13.4. The minimum atomic E-state index is 1.10. The van der Waals surface area contributed by atoms with Gasteiger partial charge >= 0.3 is 0 Å². The van der Waals surface area contributed by atoms with E-state index in [4.69, 9.17) is 0 Å². The first-order valence-electron chi connectivity index (χ1n) is 22.0. The quantitative estimate of drug-likeness (QED) is 0.159. The molecule has 0 aliphatic heterocycles. The van der Waals surface area contributed by atoms with Crippen LogP contribution >= 0.6 is 0 Å². The van der Waals surface area contributed by atoms with Crippen molar-refractivity contribution in [3.8, 4) is 11.1 Å². The Hall–Kier alpha value is -8.60. The number of nitrogens with zero attached hydrogens (tertiary/aromatic N) is 4. The lowest BCUT2D eigenvalue weighted by Crippen LogP contribution is -2.10. The van der Waals surface area contributed by atoms with E-state index in [1.54, 1.807) is 0 Å². The van der Waals surface area contributed by atoms with Crippen molar-refractivity contribution in [3.63, 3.8) is 0 Å². The lowest BCUT2D eigenvalue weighted by Gasteiger charge is -2.27. The number of benzene rings is 10. The average molecular weight is 815 g/mol. The number of hydrogen-bond acceptors (Lipinski definition) is 2. The molecule has 0 amide bonds. The summed E-state index contributed by atoms with van der Waals surface area (Å²) in [7, 11) is 0. The van der Waals surface area contributed by atoms with Crippen molar-refractivity contribution in [2.45, 2.75) is 0 Å². The van der Waals surface area contributed by atoms with Crippen molar-refractivity contribution in [2.75, 3.05) is 9.80 Å². The van der Waals surface area contributed by atoms with Gasteiger partial charge in [-0.15, -0.1) is 0 Å². The predicted molar refractivity (Wildman–Crippen MR) is 271 cm³/mol. The zero-order valence-corrected chi connectivity index (χ0v) is 34.7. The Bertz CT molecular complexity index is 3660. The lowest BCUT2D eigenvalue weighted by molar-refractivity contribution is 1.28. The van der Waals surface area contributed by atoms with Crippen LogP contribution < -0.4 is 9.80 Å². The zero-order chi connectivity index (χ0) is 41.9. The number of para-hydroxylation sites is 6. The highest BCUT2D eigenvalue weighted by atomic mass is 15.1. The monoisotopic (exact) mass is 814 g/mol. The third-order valence-corrected chi connectivity index (χ3v) is 13.5. The summed E-state index contributed by atoms with van der Waals surface area (Å²) in [5.74, 6) is 0. The Morgan fingerprint density at radius 2 is 0.484 bits per heavy atom. The fraction of sp³-hybridized carbons (Fsp3) is 0. The summed E-state index contributed by atoms with van der Waals surface area (Å²) in [5.41, 5.74) is 16.5. The Balaban J connectivity index is 0.968. The van der Waals surface area contributed by atoms with E-state index in [2.05, 4.69) is 249 Å². The Labute approximate surface area is 369 Å². The molecule has 298 valence electrons. The summed E-state index contributed by atoms with van der Waals surface area (Å²) in [5, 5.41) is 10.1. The largest absolute Gasteiger partial charge is 0.311 e. The van der Waals surface area contributed by atoms with Crippen molar-refractivity contribution in [1.29, 1.82) is 0 Å². The molecule has 0 atom stereocenters. The molecule has 14 rings (SSSR count). The minimum Gasteiger partial charge on any atom is -0.311 e. The van der Waals surface area contributed by atoms with E-state index in [9.17, 15) is 0 Å².